The highest BCUT2D eigenvalue weighted by Crippen LogP contribution is 2.33. The highest BCUT2D eigenvalue weighted by Gasteiger charge is 2.31. The molecule has 2 amide bonds. The number of anilines is 4. The van der Waals surface area contributed by atoms with Crippen molar-refractivity contribution in [2.24, 2.45) is 0 Å². The van der Waals surface area contributed by atoms with Gasteiger partial charge in [-0.1, -0.05) is 17.7 Å². The van der Waals surface area contributed by atoms with Gasteiger partial charge in [0.2, 0.25) is 5.95 Å². The van der Waals surface area contributed by atoms with Crippen LogP contribution in [0.4, 0.5) is 36.2 Å². The van der Waals surface area contributed by atoms with Crippen LogP contribution in [0.3, 0.4) is 0 Å². The van der Waals surface area contributed by atoms with Gasteiger partial charge in [0.25, 0.3) is 11.8 Å². The summed E-state index contributed by atoms with van der Waals surface area (Å²) in [5, 5.41) is 8.85. The van der Waals surface area contributed by atoms with Crippen molar-refractivity contribution in [1.82, 2.24) is 15.3 Å². The van der Waals surface area contributed by atoms with E-state index in [9.17, 15) is 22.8 Å². The number of carbonyl (C=O) groups is 2. The Kier molecular flexibility index (Phi) is 7.80. The first-order chi connectivity index (χ1) is 19.6. The van der Waals surface area contributed by atoms with Crippen LogP contribution in [-0.2, 0) is 19.1 Å². The fourth-order valence-corrected chi connectivity index (χ4v) is 4.67. The molecule has 0 saturated carbocycles. The molecule has 8 nitrogen and oxygen atoms in total. The number of alkyl halides is 3. The van der Waals surface area contributed by atoms with Gasteiger partial charge in [-0.05, 0) is 60.7 Å². The Labute approximate surface area is 238 Å². The van der Waals surface area contributed by atoms with Crippen LogP contribution in [0.25, 0.3) is 0 Å². The molecule has 0 atom stereocenters. The van der Waals surface area contributed by atoms with Gasteiger partial charge in [-0.2, -0.15) is 13.2 Å². The number of rotatable bonds is 6. The number of benzene rings is 3. The quantitative estimate of drug-likeness (QED) is 0.256. The monoisotopic (exact) mass is 580 g/mol. The number of nitrogens with one attached hydrogen (secondary N) is 3. The Morgan fingerprint density at radius 2 is 1.71 bits per heavy atom. The molecule has 0 spiro atoms. The second-order valence-electron chi connectivity index (χ2n) is 9.32. The van der Waals surface area contributed by atoms with E-state index in [0.717, 1.165) is 29.1 Å². The number of amides is 2. The van der Waals surface area contributed by atoms with E-state index >= 15 is 0 Å². The summed E-state index contributed by atoms with van der Waals surface area (Å²) in [4.78, 5) is 35.5. The van der Waals surface area contributed by atoms with Crippen LogP contribution in [-0.4, -0.2) is 35.4 Å². The fraction of sp³-hybridized carbons (Fsp3) is 0.172. The third kappa shape index (κ3) is 6.41. The maximum atomic E-state index is 13.1. The number of nitrogens with zero attached hydrogens (tertiary/aromatic N) is 3. The molecule has 0 bridgehead atoms. The third-order valence-corrected chi connectivity index (χ3v) is 6.88. The summed E-state index contributed by atoms with van der Waals surface area (Å²) >= 11 is 6.49. The van der Waals surface area contributed by atoms with E-state index in [1.165, 1.54) is 12.1 Å². The first-order valence-electron chi connectivity index (χ1n) is 12.6. The van der Waals surface area contributed by atoms with Crippen molar-refractivity contribution in [3.63, 3.8) is 0 Å². The van der Waals surface area contributed by atoms with Gasteiger partial charge in [-0.15, -0.1) is 0 Å². The van der Waals surface area contributed by atoms with E-state index in [0.29, 0.717) is 47.4 Å². The molecule has 2 heterocycles. The molecule has 41 heavy (non-hydrogen) atoms. The number of carbonyl (C=O) groups excluding carboxylic acids is 2. The zero-order chi connectivity index (χ0) is 29.1. The van der Waals surface area contributed by atoms with Gasteiger partial charge in [0.15, 0.2) is 0 Å². The van der Waals surface area contributed by atoms with Crippen molar-refractivity contribution >= 4 is 46.4 Å². The summed E-state index contributed by atoms with van der Waals surface area (Å²) in [6.07, 6.45) is -2.20. The summed E-state index contributed by atoms with van der Waals surface area (Å²) in [5.74, 6) is -0.401. The van der Waals surface area contributed by atoms with Gasteiger partial charge in [0.1, 0.15) is 0 Å². The first kappa shape index (κ1) is 27.9. The van der Waals surface area contributed by atoms with Crippen molar-refractivity contribution in [2.75, 3.05) is 29.1 Å². The topological polar surface area (TPSA) is 99.2 Å². The van der Waals surface area contributed by atoms with Gasteiger partial charge in [-0.3, -0.25) is 9.59 Å². The molecule has 3 N–H and O–H groups in total. The van der Waals surface area contributed by atoms with Gasteiger partial charge >= 0.3 is 6.18 Å². The van der Waals surface area contributed by atoms with E-state index in [1.807, 2.05) is 4.90 Å². The van der Waals surface area contributed by atoms with Crippen LogP contribution in [0.1, 0.15) is 37.5 Å². The SMILES string of the molecule is CNC(=O)c1ccc(Nc2ncc3c(n2)CCN(c2cc(NC(=O)c4cccc(C(F)(F)F)c4)ccc2Cl)C3)cc1. The van der Waals surface area contributed by atoms with Crippen LogP contribution in [0.15, 0.2) is 72.9 Å². The van der Waals surface area contributed by atoms with E-state index in [4.69, 9.17) is 11.6 Å². The third-order valence-electron chi connectivity index (χ3n) is 6.56. The molecule has 1 aliphatic rings. The van der Waals surface area contributed by atoms with Crippen molar-refractivity contribution in [2.45, 2.75) is 19.1 Å². The number of halogens is 4. The maximum Gasteiger partial charge on any atom is 0.416 e. The summed E-state index contributed by atoms with van der Waals surface area (Å²) in [6.45, 7) is 1.07. The Bertz CT molecular complexity index is 1610. The van der Waals surface area contributed by atoms with Crippen molar-refractivity contribution in [1.29, 1.82) is 0 Å². The van der Waals surface area contributed by atoms with Crippen molar-refractivity contribution in [3.8, 4) is 0 Å². The zero-order valence-corrected chi connectivity index (χ0v) is 22.5. The standard InChI is InChI=1S/C29H24ClF3N6O2/c1-34-26(40)17-5-7-21(8-6-17)37-28-35-15-19-16-39(12-11-24(19)38-28)25-14-22(9-10-23(25)30)36-27(41)18-3-2-4-20(13-18)29(31,32)33/h2-10,13-15H,11-12,16H2,1H3,(H,34,40)(H,36,41)(H,35,37,38). The van der Waals surface area contributed by atoms with Gasteiger partial charge in [0, 0.05) is 60.8 Å². The summed E-state index contributed by atoms with van der Waals surface area (Å²) < 4.78 is 39.2. The summed E-state index contributed by atoms with van der Waals surface area (Å²) in [5.41, 5.74) is 3.14. The normalized spacial score (nSPS) is 12.9. The average molecular weight is 581 g/mol. The number of hydrogen-bond acceptors (Lipinski definition) is 6. The lowest BCUT2D eigenvalue weighted by molar-refractivity contribution is -0.137. The van der Waals surface area contributed by atoms with E-state index in [2.05, 4.69) is 25.9 Å². The van der Waals surface area contributed by atoms with Gasteiger partial charge in [0.05, 0.1) is 22.0 Å². The Balaban J connectivity index is 1.28. The maximum absolute atomic E-state index is 13.1. The molecule has 0 radical (unpaired) electrons. The Hall–Kier alpha value is -4.64. The Morgan fingerprint density at radius 1 is 0.951 bits per heavy atom. The first-order valence-corrected chi connectivity index (χ1v) is 13.0. The average Bonchev–Trinajstić information content (AvgIpc) is 2.97. The molecule has 210 valence electrons. The molecule has 1 aromatic heterocycles. The minimum Gasteiger partial charge on any atom is -0.365 e. The van der Waals surface area contributed by atoms with Crippen LogP contribution in [0.5, 0.6) is 0 Å². The number of fused-ring (bicyclic) bond motifs is 1. The van der Waals surface area contributed by atoms with Crippen LogP contribution in [0, 0.1) is 0 Å². The lowest BCUT2D eigenvalue weighted by atomic mass is 10.1. The number of aromatic nitrogens is 2. The molecule has 5 rings (SSSR count). The predicted molar refractivity (Wildman–Crippen MR) is 151 cm³/mol. The van der Waals surface area contributed by atoms with E-state index in [1.54, 1.807) is 55.7 Å². The fourth-order valence-electron chi connectivity index (χ4n) is 4.43. The second kappa shape index (κ2) is 11.5. The van der Waals surface area contributed by atoms with Gasteiger partial charge < -0.3 is 20.9 Å². The molecule has 12 heteroatoms. The molecule has 1 aliphatic heterocycles. The zero-order valence-electron chi connectivity index (χ0n) is 21.7. The predicted octanol–water partition coefficient (Wildman–Crippen LogP) is 6.07. The molecule has 0 saturated heterocycles. The number of hydrogen-bond donors (Lipinski definition) is 3. The second-order valence-corrected chi connectivity index (χ2v) is 9.72. The minimum atomic E-state index is -4.55. The molecule has 3 aromatic carbocycles. The molecular formula is C29H24ClF3N6O2. The summed E-state index contributed by atoms with van der Waals surface area (Å²) in [7, 11) is 1.57. The van der Waals surface area contributed by atoms with E-state index in [-0.39, 0.29) is 11.5 Å². The summed E-state index contributed by atoms with van der Waals surface area (Å²) in [6, 6.07) is 16.1. The lowest BCUT2D eigenvalue weighted by Crippen LogP contribution is -2.31. The molecule has 4 aromatic rings. The van der Waals surface area contributed by atoms with Crippen molar-refractivity contribution < 1.29 is 22.8 Å². The van der Waals surface area contributed by atoms with Crippen molar-refractivity contribution in [3.05, 3.63) is 106 Å². The van der Waals surface area contributed by atoms with Crippen LogP contribution >= 0.6 is 11.6 Å². The molecule has 0 fully saturated rings. The molecular weight excluding hydrogens is 557 g/mol. The lowest BCUT2D eigenvalue weighted by Gasteiger charge is -2.31. The highest BCUT2D eigenvalue weighted by atomic mass is 35.5. The minimum absolute atomic E-state index is 0.104. The van der Waals surface area contributed by atoms with Crippen LogP contribution in [0.2, 0.25) is 5.02 Å². The highest BCUT2D eigenvalue weighted by molar-refractivity contribution is 6.33. The van der Waals surface area contributed by atoms with E-state index < -0.39 is 17.6 Å². The Morgan fingerprint density at radius 3 is 2.44 bits per heavy atom. The largest absolute Gasteiger partial charge is 0.416 e. The molecule has 0 unspecified atom stereocenters. The molecule has 0 aliphatic carbocycles. The van der Waals surface area contributed by atoms with Crippen LogP contribution < -0.4 is 20.9 Å². The smallest absolute Gasteiger partial charge is 0.365 e. The van der Waals surface area contributed by atoms with Gasteiger partial charge in [-0.25, -0.2) is 9.97 Å².